The third kappa shape index (κ3) is 3.86. The van der Waals surface area contributed by atoms with Crippen molar-refractivity contribution in [2.45, 2.75) is 25.8 Å². The Morgan fingerprint density at radius 2 is 2.17 bits per heavy atom. The Morgan fingerprint density at radius 3 is 2.90 bits per heavy atom. The Hall–Kier alpha value is -3.20. The summed E-state index contributed by atoms with van der Waals surface area (Å²) in [7, 11) is 3.58. The quantitative estimate of drug-likeness (QED) is 0.504. The standard InChI is InChI=1S/C20H22N6O2S/c1-4-6-14-12-16(27)26-20(22-14)29-19(24-26)23-17(18-21-9-10-25(18)2)13-7-5-8-15(11-13)28-3/h5,7-12,17H,4,6H2,1-3H3,(H,23,24). The third-order valence-corrected chi connectivity index (χ3v) is 5.46. The van der Waals surface area contributed by atoms with Crippen molar-refractivity contribution >= 4 is 21.4 Å². The molecule has 29 heavy (non-hydrogen) atoms. The maximum absolute atomic E-state index is 12.4. The Kier molecular flexibility index (Phi) is 5.30. The van der Waals surface area contributed by atoms with Crippen LogP contribution in [0.4, 0.5) is 5.13 Å². The first kappa shape index (κ1) is 19.1. The maximum Gasteiger partial charge on any atom is 0.275 e. The number of nitrogens with one attached hydrogen (secondary N) is 1. The normalized spacial score (nSPS) is 12.2. The lowest BCUT2D eigenvalue weighted by Gasteiger charge is -2.19. The zero-order valence-corrected chi connectivity index (χ0v) is 17.3. The molecule has 1 N–H and O–H groups in total. The molecule has 0 aliphatic heterocycles. The first-order valence-corrected chi connectivity index (χ1v) is 10.2. The Bertz CT molecular complexity index is 1200. The Labute approximate surface area is 171 Å². The molecule has 1 atom stereocenters. The molecule has 1 aromatic carbocycles. The van der Waals surface area contributed by atoms with Gasteiger partial charge in [0.15, 0.2) is 0 Å². The van der Waals surface area contributed by atoms with Gasteiger partial charge in [0, 0.05) is 31.2 Å². The SMILES string of the molecule is CCCc1cc(=O)n2nc(NC(c3cccc(OC)c3)c3nccn3C)sc2n1. The van der Waals surface area contributed by atoms with E-state index >= 15 is 0 Å². The minimum atomic E-state index is -0.267. The summed E-state index contributed by atoms with van der Waals surface area (Å²) in [4.78, 5) is 22.1. The monoisotopic (exact) mass is 410 g/mol. The molecule has 4 rings (SSSR count). The van der Waals surface area contributed by atoms with E-state index in [1.165, 1.54) is 15.9 Å². The fourth-order valence-corrected chi connectivity index (χ4v) is 4.05. The van der Waals surface area contributed by atoms with Gasteiger partial charge < -0.3 is 14.6 Å². The number of methoxy groups -OCH3 is 1. The van der Waals surface area contributed by atoms with Crippen molar-refractivity contribution < 1.29 is 4.74 Å². The van der Waals surface area contributed by atoms with E-state index in [2.05, 4.69) is 27.3 Å². The smallest absolute Gasteiger partial charge is 0.275 e. The molecule has 0 bridgehead atoms. The Morgan fingerprint density at radius 1 is 1.31 bits per heavy atom. The van der Waals surface area contributed by atoms with Crippen molar-refractivity contribution in [1.82, 2.24) is 24.1 Å². The van der Waals surface area contributed by atoms with Gasteiger partial charge >= 0.3 is 0 Å². The second kappa shape index (κ2) is 8.04. The maximum atomic E-state index is 12.4. The van der Waals surface area contributed by atoms with Crippen molar-refractivity contribution in [2.24, 2.45) is 7.05 Å². The largest absolute Gasteiger partial charge is 0.497 e. The predicted molar refractivity (Wildman–Crippen MR) is 113 cm³/mol. The van der Waals surface area contributed by atoms with Gasteiger partial charge in [-0.3, -0.25) is 4.79 Å². The van der Waals surface area contributed by atoms with Gasteiger partial charge in [-0.2, -0.15) is 4.52 Å². The highest BCUT2D eigenvalue weighted by molar-refractivity contribution is 7.20. The fourth-order valence-electron chi connectivity index (χ4n) is 3.20. The van der Waals surface area contributed by atoms with Crippen LogP contribution in [0.2, 0.25) is 0 Å². The van der Waals surface area contributed by atoms with Crippen LogP contribution in [-0.4, -0.2) is 31.3 Å². The first-order chi connectivity index (χ1) is 14.1. The number of nitrogens with zero attached hydrogens (tertiary/aromatic N) is 5. The third-order valence-electron chi connectivity index (χ3n) is 4.62. The van der Waals surface area contributed by atoms with Crippen LogP contribution in [0.3, 0.4) is 0 Å². The molecule has 3 heterocycles. The minimum absolute atomic E-state index is 0.169. The molecule has 0 radical (unpaired) electrons. The minimum Gasteiger partial charge on any atom is -0.497 e. The predicted octanol–water partition coefficient (Wildman–Crippen LogP) is 3.05. The fraction of sp³-hybridized carbons (Fsp3) is 0.300. The number of ether oxygens (including phenoxy) is 1. The van der Waals surface area contributed by atoms with Gasteiger partial charge in [-0.05, 0) is 24.1 Å². The van der Waals surface area contributed by atoms with E-state index < -0.39 is 0 Å². The van der Waals surface area contributed by atoms with Crippen LogP contribution in [-0.2, 0) is 13.5 Å². The number of rotatable bonds is 7. The zero-order chi connectivity index (χ0) is 20.4. The molecule has 9 heteroatoms. The van der Waals surface area contributed by atoms with E-state index in [0.29, 0.717) is 10.1 Å². The van der Waals surface area contributed by atoms with Crippen molar-refractivity contribution in [1.29, 1.82) is 0 Å². The summed E-state index contributed by atoms with van der Waals surface area (Å²) in [6, 6.07) is 9.09. The number of benzene rings is 1. The average molecular weight is 411 g/mol. The van der Waals surface area contributed by atoms with Crippen molar-refractivity contribution in [3.8, 4) is 5.75 Å². The highest BCUT2D eigenvalue weighted by atomic mass is 32.1. The highest BCUT2D eigenvalue weighted by Gasteiger charge is 2.21. The van der Waals surface area contributed by atoms with E-state index in [-0.39, 0.29) is 11.6 Å². The summed E-state index contributed by atoms with van der Waals surface area (Å²) in [5, 5.41) is 8.46. The van der Waals surface area contributed by atoms with Gasteiger partial charge in [-0.15, -0.1) is 5.10 Å². The molecule has 0 saturated carbocycles. The molecule has 3 aromatic heterocycles. The van der Waals surface area contributed by atoms with Gasteiger partial charge in [0.25, 0.3) is 5.56 Å². The van der Waals surface area contributed by atoms with E-state index in [4.69, 9.17) is 4.74 Å². The summed E-state index contributed by atoms with van der Waals surface area (Å²) in [5.74, 6) is 1.58. The number of aryl methyl sites for hydroxylation is 2. The molecular formula is C20H22N6O2S. The molecule has 0 aliphatic rings. The number of hydrogen-bond donors (Lipinski definition) is 1. The number of aromatic nitrogens is 5. The van der Waals surface area contributed by atoms with Gasteiger partial charge in [-0.1, -0.05) is 36.8 Å². The van der Waals surface area contributed by atoms with Crippen LogP contribution in [0.25, 0.3) is 4.96 Å². The van der Waals surface area contributed by atoms with Crippen molar-refractivity contribution in [2.75, 3.05) is 12.4 Å². The van der Waals surface area contributed by atoms with Crippen LogP contribution in [0.5, 0.6) is 5.75 Å². The summed E-state index contributed by atoms with van der Waals surface area (Å²) in [6.45, 7) is 2.06. The van der Waals surface area contributed by atoms with Gasteiger partial charge in [0.1, 0.15) is 17.6 Å². The lowest BCUT2D eigenvalue weighted by molar-refractivity contribution is 0.414. The van der Waals surface area contributed by atoms with E-state index in [1.54, 1.807) is 19.4 Å². The number of hydrogen-bond acceptors (Lipinski definition) is 7. The van der Waals surface area contributed by atoms with Crippen molar-refractivity contribution in [3.63, 3.8) is 0 Å². The molecule has 1 unspecified atom stereocenters. The highest BCUT2D eigenvalue weighted by Crippen LogP contribution is 2.29. The molecule has 4 aromatic rings. The average Bonchev–Trinajstić information content (AvgIpc) is 3.32. The molecule has 0 spiro atoms. The van der Waals surface area contributed by atoms with Crippen molar-refractivity contribution in [3.05, 3.63) is 70.2 Å². The Balaban J connectivity index is 1.75. The molecule has 0 amide bonds. The topological polar surface area (TPSA) is 86.3 Å². The summed E-state index contributed by atoms with van der Waals surface area (Å²) in [5.41, 5.74) is 1.60. The number of anilines is 1. The molecule has 0 saturated heterocycles. The number of fused-ring (bicyclic) bond motifs is 1. The lowest BCUT2D eigenvalue weighted by atomic mass is 10.1. The van der Waals surface area contributed by atoms with Gasteiger partial charge in [-0.25, -0.2) is 9.97 Å². The lowest BCUT2D eigenvalue weighted by Crippen LogP contribution is -2.18. The van der Waals surface area contributed by atoms with E-state index in [9.17, 15) is 4.79 Å². The van der Waals surface area contributed by atoms with Crippen LogP contribution >= 0.6 is 11.3 Å². The second-order valence-corrected chi connectivity index (χ2v) is 7.64. The van der Waals surface area contributed by atoms with Crippen LogP contribution in [0.1, 0.15) is 36.5 Å². The molecular weight excluding hydrogens is 388 g/mol. The molecule has 0 aliphatic carbocycles. The molecule has 0 fully saturated rings. The summed E-state index contributed by atoms with van der Waals surface area (Å²) >= 11 is 1.35. The molecule has 150 valence electrons. The van der Waals surface area contributed by atoms with E-state index in [0.717, 1.165) is 35.7 Å². The second-order valence-electron chi connectivity index (χ2n) is 6.69. The van der Waals surface area contributed by atoms with Crippen LogP contribution < -0.4 is 15.6 Å². The van der Waals surface area contributed by atoms with Crippen LogP contribution in [0, 0.1) is 0 Å². The first-order valence-electron chi connectivity index (χ1n) is 9.36. The molecule has 8 nitrogen and oxygen atoms in total. The zero-order valence-electron chi connectivity index (χ0n) is 16.5. The summed E-state index contributed by atoms with van der Waals surface area (Å²) < 4.78 is 8.67. The summed E-state index contributed by atoms with van der Waals surface area (Å²) in [6.07, 6.45) is 5.35. The number of imidazole rings is 1. The van der Waals surface area contributed by atoms with Gasteiger partial charge in [0.2, 0.25) is 10.1 Å². The van der Waals surface area contributed by atoms with E-state index in [1.807, 2.05) is 42.1 Å². The van der Waals surface area contributed by atoms with Crippen LogP contribution in [0.15, 0.2) is 47.5 Å². The van der Waals surface area contributed by atoms with Gasteiger partial charge in [0.05, 0.1) is 7.11 Å².